The summed E-state index contributed by atoms with van der Waals surface area (Å²) in [6.07, 6.45) is 3.56. The van der Waals surface area contributed by atoms with Gasteiger partial charge in [-0.1, -0.05) is 0 Å². The van der Waals surface area contributed by atoms with Gasteiger partial charge >= 0.3 is 0 Å². The molecule has 114 valence electrons. The van der Waals surface area contributed by atoms with Crippen LogP contribution in [0.15, 0.2) is 5.51 Å². The molecule has 3 heterocycles. The van der Waals surface area contributed by atoms with Gasteiger partial charge < -0.3 is 10.2 Å². The zero-order valence-corrected chi connectivity index (χ0v) is 14.0. The van der Waals surface area contributed by atoms with Crippen LogP contribution in [0, 0.1) is 12.3 Å². The van der Waals surface area contributed by atoms with E-state index in [1.54, 1.807) is 5.51 Å². The largest absolute Gasteiger partial charge is 0.338 e. The Morgan fingerprint density at radius 1 is 1.35 bits per heavy atom. The number of likely N-dealkylation sites (tertiary alicyclic amines) is 1. The molecule has 2 aliphatic rings. The quantitative estimate of drug-likeness (QED) is 0.856. The molecule has 2 aliphatic heterocycles. The molecule has 0 aliphatic carbocycles. The lowest BCUT2D eigenvalue weighted by molar-refractivity contribution is 0.0611. The van der Waals surface area contributed by atoms with Crippen LogP contribution >= 0.6 is 36.2 Å². The van der Waals surface area contributed by atoms with Crippen LogP contribution in [-0.4, -0.2) is 42.0 Å². The molecule has 1 aromatic heterocycles. The van der Waals surface area contributed by atoms with Crippen molar-refractivity contribution in [2.75, 3.05) is 26.2 Å². The number of nitrogens with one attached hydrogen (secondary N) is 1. The summed E-state index contributed by atoms with van der Waals surface area (Å²) >= 11 is 1.46. The second-order valence-electron chi connectivity index (χ2n) is 5.49. The molecular formula is C13H21Cl2N3OS. The van der Waals surface area contributed by atoms with Gasteiger partial charge in [-0.25, -0.2) is 4.98 Å². The van der Waals surface area contributed by atoms with Gasteiger partial charge in [0.05, 0.1) is 11.2 Å². The Balaban J connectivity index is 0.000001000. The normalized spacial score (nSPS) is 20.4. The molecule has 2 fully saturated rings. The highest BCUT2D eigenvalue weighted by Gasteiger charge is 2.38. The van der Waals surface area contributed by atoms with Crippen LogP contribution in [0.2, 0.25) is 0 Å². The van der Waals surface area contributed by atoms with Crippen molar-refractivity contribution in [3.05, 3.63) is 16.1 Å². The highest BCUT2D eigenvalue weighted by molar-refractivity contribution is 7.11. The third kappa shape index (κ3) is 3.27. The van der Waals surface area contributed by atoms with Gasteiger partial charge in [-0.15, -0.1) is 36.2 Å². The molecule has 0 unspecified atom stereocenters. The average molecular weight is 338 g/mol. The van der Waals surface area contributed by atoms with Crippen molar-refractivity contribution in [1.82, 2.24) is 15.2 Å². The highest BCUT2D eigenvalue weighted by Crippen LogP contribution is 2.37. The minimum absolute atomic E-state index is 0. The van der Waals surface area contributed by atoms with Crippen molar-refractivity contribution >= 4 is 42.1 Å². The van der Waals surface area contributed by atoms with Gasteiger partial charge in [0.2, 0.25) is 0 Å². The predicted octanol–water partition coefficient (Wildman–Crippen LogP) is 2.51. The summed E-state index contributed by atoms with van der Waals surface area (Å²) in [6, 6.07) is 0. The van der Waals surface area contributed by atoms with Crippen molar-refractivity contribution in [3.8, 4) is 0 Å². The van der Waals surface area contributed by atoms with E-state index in [9.17, 15) is 4.79 Å². The van der Waals surface area contributed by atoms with Crippen LogP contribution in [0.3, 0.4) is 0 Å². The van der Waals surface area contributed by atoms with E-state index in [0.29, 0.717) is 5.41 Å². The molecule has 0 radical (unpaired) electrons. The molecule has 0 aromatic carbocycles. The number of halogens is 2. The van der Waals surface area contributed by atoms with E-state index in [1.807, 2.05) is 11.8 Å². The standard InChI is InChI=1S/C13H19N3OS.2ClH/c1-10-11(18-9-15-10)12(17)16-6-3-13(4-7-16)2-5-14-8-13;;/h9,14H,2-8H2,1H3;2*1H. The molecule has 1 N–H and O–H groups in total. The van der Waals surface area contributed by atoms with Crippen molar-refractivity contribution in [2.24, 2.45) is 5.41 Å². The van der Waals surface area contributed by atoms with E-state index in [4.69, 9.17) is 0 Å². The lowest BCUT2D eigenvalue weighted by atomic mass is 9.78. The SMILES string of the molecule is Cc1ncsc1C(=O)N1CCC2(CCNC2)CC1.Cl.Cl. The summed E-state index contributed by atoms with van der Waals surface area (Å²) in [4.78, 5) is 19.3. The first-order valence-corrected chi connectivity index (χ1v) is 7.48. The molecule has 20 heavy (non-hydrogen) atoms. The molecule has 4 nitrogen and oxygen atoms in total. The van der Waals surface area contributed by atoms with Crippen LogP contribution in [0.1, 0.15) is 34.6 Å². The first-order valence-electron chi connectivity index (χ1n) is 6.60. The monoisotopic (exact) mass is 337 g/mol. The van der Waals surface area contributed by atoms with Crippen molar-refractivity contribution in [1.29, 1.82) is 0 Å². The fraction of sp³-hybridized carbons (Fsp3) is 0.692. The van der Waals surface area contributed by atoms with Gasteiger partial charge in [0.1, 0.15) is 4.88 Å². The van der Waals surface area contributed by atoms with Crippen LogP contribution in [-0.2, 0) is 0 Å². The maximum Gasteiger partial charge on any atom is 0.265 e. The molecule has 2 saturated heterocycles. The summed E-state index contributed by atoms with van der Waals surface area (Å²) in [6.45, 7) is 5.99. The summed E-state index contributed by atoms with van der Waals surface area (Å²) in [7, 11) is 0. The summed E-state index contributed by atoms with van der Waals surface area (Å²) in [5.74, 6) is 0.177. The van der Waals surface area contributed by atoms with Gasteiger partial charge in [0.15, 0.2) is 0 Å². The molecule has 0 bridgehead atoms. The summed E-state index contributed by atoms with van der Waals surface area (Å²) in [5, 5.41) is 3.45. The second-order valence-corrected chi connectivity index (χ2v) is 6.34. The molecule has 1 amide bonds. The van der Waals surface area contributed by atoms with E-state index in [2.05, 4.69) is 10.3 Å². The topological polar surface area (TPSA) is 45.2 Å². The Morgan fingerprint density at radius 2 is 2.05 bits per heavy atom. The predicted molar refractivity (Wildman–Crippen MR) is 86.4 cm³/mol. The Labute approximate surface area is 136 Å². The third-order valence-electron chi connectivity index (χ3n) is 4.38. The lowest BCUT2D eigenvalue weighted by Gasteiger charge is -2.38. The lowest BCUT2D eigenvalue weighted by Crippen LogP contribution is -2.44. The number of aryl methyl sites for hydroxylation is 1. The van der Waals surface area contributed by atoms with Crippen LogP contribution in [0.4, 0.5) is 0 Å². The van der Waals surface area contributed by atoms with Gasteiger partial charge in [-0.2, -0.15) is 0 Å². The first kappa shape index (κ1) is 17.7. The Hall–Kier alpha value is -0.360. The Morgan fingerprint density at radius 3 is 2.55 bits per heavy atom. The number of amides is 1. The van der Waals surface area contributed by atoms with E-state index in [1.165, 1.54) is 17.8 Å². The molecular weight excluding hydrogens is 317 g/mol. The molecule has 3 rings (SSSR count). The maximum absolute atomic E-state index is 12.4. The number of carbonyl (C=O) groups is 1. The number of aromatic nitrogens is 1. The number of carbonyl (C=O) groups excluding carboxylic acids is 1. The molecule has 0 atom stereocenters. The van der Waals surface area contributed by atoms with Crippen molar-refractivity contribution in [3.63, 3.8) is 0 Å². The molecule has 1 aromatic rings. The molecule has 0 saturated carbocycles. The fourth-order valence-electron chi connectivity index (χ4n) is 3.06. The highest BCUT2D eigenvalue weighted by atomic mass is 35.5. The second kappa shape index (κ2) is 7.07. The zero-order valence-electron chi connectivity index (χ0n) is 11.6. The minimum Gasteiger partial charge on any atom is -0.338 e. The van der Waals surface area contributed by atoms with Crippen molar-refractivity contribution in [2.45, 2.75) is 26.2 Å². The van der Waals surface area contributed by atoms with Crippen LogP contribution in [0.5, 0.6) is 0 Å². The van der Waals surface area contributed by atoms with E-state index in [-0.39, 0.29) is 30.7 Å². The average Bonchev–Trinajstić information content (AvgIpc) is 2.99. The van der Waals surface area contributed by atoms with E-state index < -0.39 is 0 Å². The number of rotatable bonds is 1. The number of hydrogen-bond donors (Lipinski definition) is 1. The van der Waals surface area contributed by atoms with E-state index in [0.717, 1.165) is 49.6 Å². The van der Waals surface area contributed by atoms with Crippen LogP contribution < -0.4 is 5.32 Å². The Kier molecular flexibility index (Phi) is 6.25. The maximum atomic E-state index is 12.4. The molecule has 1 spiro atoms. The number of thiazole rings is 1. The Bertz CT molecular complexity index is 450. The van der Waals surface area contributed by atoms with Crippen molar-refractivity contribution < 1.29 is 4.79 Å². The van der Waals surface area contributed by atoms with E-state index >= 15 is 0 Å². The fourth-order valence-corrected chi connectivity index (χ4v) is 3.83. The molecule has 7 heteroatoms. The third-order valence-corrected chi connectivity index (χ3v) is 5.30. The zero-order chi connectivity index (χ0) is 12.6. The van der Waals surface area contributed by atoms with Gasteiger partial charge in [0, 0.05) is 19.6 Å². The van der Waals surface area contributed by atoms with Crippen LogP contribution in [0.25, 0.3) is 0 Å². The smallest absolute Gasteiger partial charge is 0.265 e. The number of hydrogen-bond acceptors (Lipinski definition) is 4. The number of piperidine rings is 1. The van der Waals surface area contributed by atoms with Gasteiger partial charge in [-0.05, 0) is 38.1 Å². The summed E-state index contributed by atoms with van der Waals surface area (Å²) in [5.41, 5.74) is 3.10. The number of nitrogens with zero attached hydrogens (tertiary/aromatic N) is 2. The van der Waals surface area contributed by atoms with Gasteiger partial charge in [0.25, 0.3) is 5.91 Å². The van der Waals surface area contributed by atoms with Gasteiger partial charge in [-0.3, -0.25) is 4.79 Å². The minimum atomic E-state index is 0. The first-order chi connectivity index (χ1) is 8.70. The summed E-state index contributed by atoms with van der Waals surface area (Å²) < 4.78 is 0.